The highest BCUT2D eigenvalue weighted by Gasteiger charge is 2.08. The van der Waals surface area contributed by atoms with Crippen LogP contribution in [0.4, 0.5) is 5.69 Å². The highest BCUT2D eigenvalue weighted by atomic mass is 79.9. The zero-order valence-electron chi connectivity index (χ0n) is 9.03. The summed E-state index contributed by atoms with van der Waals surface area (Å²) in [5, 5.41) is 7.50. The summed E-state index contributed by atoms with van der Waals surface area (Å²) in [6.45, 7) is 0.134. The van der Waals surface area contributed by atoms with Crippen LogP contribution in [0, 0.1) is 0 Å². The van der Waals surface area contributed by atoms with Crippen LogP contribution < -0.4 is 5.32 Å². The minimum Gasteiger partial charge on any atom is -0.324 e. The summed E-state index contributed by atoms with van der Waals surface area (Å²) in [7, 11) is 0. The van der Waals surface area contributed by atoms with Gasteiger partial charge in [0.05, 0.1) is 0 Å². The van der Waals surface area contributed by atoms with Crippen molar-refractivity contribution in [3.63, 3.8) is 0 Å². The van der Waals surface area contributed by atoms with Gasteiger partial charge in [-0.2, -0.15) is 5.10 Å². The first-order chi connectivity index (χ1) is 8.54. The average Bonchev–Trinajstić information content (AvgIpc) is 2.61. The van der Waals surface area contributed by atoms with E-state index in [1.54, 1.807) is 35.0 Å². The third kappa shape index (κ3) is 3.57. The lowest BCUT2D eigenvalue weighted by atomic mass is 10.3. The minimum atomic E-state index is -0.159. The first-order valence-electron chi connectivity index (χ1n) is 4.99. The number of carbonyl (C=O) groups excluding carboxylic acids is 1. The van der Waals surface area contributed by atoms with E-state index in [9.17, 15) is 4.79 Å². The molecule has 0 fully saturated rings. The molecule has 0 saturated carbocycles. The largest absolute Gasteiger partial charge is 0.324 e. The Kier molecular flexibility index (Phi) is 4.42. The van der Waals surface area contributed by atoms with Crippen LogP contribution in [0.3, 0.4) is 0 Å². The number of nitrogens with one attached hydrogen (secondary N) is 1. The van der Waals surface area contributed by atoms with Gasteiger partial charge in [-0.05, 0) is 56.1 Å². The molecule has 1 heterocycles. The second kappa shape index (κ2) is 5.86. The van der Waals surface area contributed by atoms with Crippen LogP contribution in [0.2, 0.25) is 5.02 Å². The number of anilines is 1. The van der Waals surface area contributed by atoms with E-state index in [4.69, 9.17) is 11.6 Å². The van der Waals surface area contributed by atoms with Gasteiger partial charge in [-0.25, -0.2) is 4.68 Å². The molecule has 1 aromatic heterocycles. The zero-order chi connectivity index (χ0) is 13.1. The van der Waals surface area contributed by atoms with Gasteiger partial charge in [0.1, 0.15) is 15.8 Å². The lowest BCUT2D eigenvalue weighted by molar-refractivity contribution is -0.116. The second-order valence-corrected chi connectivity index (χ2v) is 5.56. The smallest absolute Gasteiger partial charge is 0.246 e. The van der Waals surface area contributed by atoms with Gasteiger partial charge in [-0.1, -0.05) is 11.6 Å². The van der Waals surface area contributed by atoms with Gasteiger partial charge in [-0.15, -0.1) is 0 Å². The SMILES string of the molecule is O=C(Cn1nc(Br)cc1Br)Nc1ccc(Cl)cc1. The zero-order valence-corrected chi connectivity index (χ0v) is 13.0. The quantitative estimate of drug-likeness (QED) is 0.864. The lowest BCUT2D eigenvalue weighted by Crippen LogP contribution is -2.19. The van der Waals surface area contributed by atoms with Crippen LogP contribution in [0.1, 0.15) is 0 Å². The number of hydrogen-bond donors (Lipinski definition) is 1. The van der Waals surface area contributed by atoms with Crippen LogP contribution in [-0.4, -0.2) is 15.7 Å². The number of carbonyl (C=O) groups is 1. The summed E-state index contributed by atoms with van der Waals surface area (Å²) in [4.78, 5) is 11.8. The normalized spacial score (nSPS) is 10.4. The monoisotopic (exact) mass is 391 g/mol. The molecule has 2 rings (SSSR count). The van der Waals surface area contributed by atoms with Crippen molar-refractivity contribution in [3.05, 3.63) is 44.6 Å². The van der Waals surface area contributed by atoms with Crippen LogP contribution in [-0.2, 0) is 11.3 Å². The van der Waals surface area contributed by atoms with Gasteiger partial charge in [0.15, 0.2) is 0 Å². The lowest BCUT2D eigenvalue weighted by Gasteiger charge is -2.06. The fraction of sp³-hybridized carbons (Fsp3) is 0.0909. The van der Waals surface area contributed by atoms with Crippen molar-refractivity contribution in [1.29, 1.82) is 0 Å². The number of nitrogens with zero attached hydrogens (tertiary/aromatic N) is 2. The highest BCUT2D eigenvalue weighted by Crippen LogP contribution is 2.17. The Labute approximate surface area is 126 Å². The Hall–Kier alpha value is -0.850. The Balaban J connectivity index is 2.01. The molecular formula is C11H8Br2ClN3O. The summed E-state index contributed by atoms with van der Waals surface area (Å²) < 4.78 is 2.96. The maximum absolute atomic E-state index is 11.8. The number of aromatic nitrogens is 2. The van der Waals surface area contributed by atoms with Crippen LogP contribution in [0.5, 0.6) is 0 Å². The molecule has 1 aromatic carbocycles. The molecule has 18 heavy (non-hydrogen) atoms. The Morgan fingerprint density at radius 2 is 2.00 bits per heavy atom. The number of halogens is 3. The van der Waals surface area contributed by atoms with E-state index in [1.807, 2.05) is 0 Å². The van der Waals surface area contributed by atoms with Gasteiger partial charge in [0, 0.05) is 16.8 Å². The molecule has 1 amide bonds. The molecule has 4 nitrogen and oxygen atoms in total. The van der Waals surface area contributed by atoms with E-state index in [1.165, 1.54) is 0 Å². The van der Waals surface area contributed by atoms with Crippen molar-refractivity contribution in [2.75, 3.05) is 5.32 Å². The molecule has 7 heteroatoms. The minimum absolute atomic E-state index is 0.134. The molecule has 0 bridgehead atoms. The topological polar surface area (TPSA) is 46.9 Å². The van der Waals surface area contributed by atoms with Crippen LogP contribution in [0.15, 0.2) is 39.5 Å². The van der Waals surface area contributed by atoms with E-state index in [0.29, 0.717) is 15.3 Å². The summed E-state index contributed by atoms with van der Waals surface area (Å²) in [5.41, 5.74) is 0.701. The molecule has 0 unspecified atom stereocenters. The van der Waals surface area contributed by atoms with E-state index in [2.05, 4.69) is 42.3 Å². The molecule has 0 radical (unpaired) electrons. The number of rotatable bonds is 3. The molecule has 0 aliphatic carbocycles. The maximum atomic E-state index is 11.8. The van der Waals surface area contributed by atoms with Crippen molar-refractivity contribution in [2.45, 2.75) is 6.54 Å². The number of benzene rings is 1. The van der Waals surface area contributed by atoms with Crippen molar-refractivity contribution >= 4 is 55.1 Å². The highest BCUT2D eigenvalue weighted by molar-refractivity contribution is 9.11. The molecule has 0 aliphatic heterocycles. The van der Waals surface area contributed by atoms with Gasteiger partial charge in [0.2, 0.25) is 5.91 Å². The predicted molar refractivity (Wildman–Crippen MR) is 77.7 cm³/mol. The molecule has 0 spiro atoms. The first kappa shape index (κ1) is 13.6. The van der Waals surface area contributed by atoms with Crippen molar-refractivity contribution in [3.8, 4) is 0 Å². The van der Waals surface area contributed by atoms with Crippen LogP contribution in [0.25, 0.3) is 0 Å². The Bertz CT molecular complexity index is 568. The van der Waals surface area contributed by atoms with E-state index < -0.39 is 0 Å². The summed E-state index contributed by atoms with van der Waals surface area (Å²) in [6.07, 6.45) is 0. The molecular weight excluding hydrogens is 385 g/mol. The molecule has 94 valence electrons. The van der Waals surface area contributed by atoms with E-state index >= 15 is 0 Å². The van der Waals surface area contributed by atoms with Gasteiger partial charge in [-0.3, -0.25) is 4.79 Å². The summed E-state index contributed by atoms with van der Waals surface area (Å²) in [6, 6.07) is 8.70. The molecule has 0 aliphatic rings. The third-order valence-electron chi connectivity index (χ3n) is 2.12. The van der Waals surface area contributed by atoms with Crippen molar-refractivity contribution < 1.29 is 4.79 Å². The van der Waals surface area contributed by atoms with E-state index in [-0.39, 0.29) is 12.5 Å². The van der Waals surface area contributed by atoms with Gasteiger partial charge >= 0.3 is 0 Å². The first-order valence-corrected chi connectivity index (χ1v) is 6.95. The molecule has 1 N–H and O–H groups in total. The fourth-order valence-electron chi connectivity index (χ4n) is 1.35. The third-order valence-corrected chi connectivity index (χ3v) is 3.40. The second-order valence-electron chi connectivity index (χ2n) is 3.50. The standard InChI is InChI=1S/C11H8Br2ClN3O/c12-9-5-10(13)17(16-9)6-11(18)15-8-3-1-7(14)2-4-8/h1-5H,6H2,(H,15,18). The van der Waals surface area contributed by atoms with E-state index in [0.717, 1.165) is 4.60 Å². The average molecular weight is 393 g/mol. The summed E-state index contributed by atoms with van der Waals surface area (Å²) in [5.74, 6) is -0.159. The molecule has 0 saturated heterocycles. The fourth-order valence-corrected chi connectivity index (χ4v) is 2.61. The predicted octanol–water partition coefficient (Wildman–Crippen LogP) is 3.70. The van der Waals surface area contributed by atoms with Crippen molar-refractivity contribution in [1.82, 2.24) is 9.78 Å². The number of amides is 1. The van der Waals surface area contributed by atoms with Gasteiger partial charge < -0.3 is 5.32 Å². The maximum Gasteiger partial charge on any atom is 0.246 e. The number of hydrogen-bond acceptors (Lipinski definition) is 2. The Morgan fingerprint density at radius 1 is 1.33 bits per heavy atom. The summed E-state index contributed by atoms with van der Waals surface area (Å²) >= 11 is 12.3. The Morgan fingerprint density at radius 3 is 2.56 bits per heavy atom. The van der Waals surface area contributed by atoms with Crippen LogP contribution >= 0.6 is 43.5 Å². The van der Waals surface area contributed by atoms with Crippen molar-refractivity contribution in [2.24, 2.45) is 0 Å². The molecule has 2 aromatic rings. The van der Waals surface area contributed by atoms with Gasteiger partial charge in [0.25, 0.3) is 0 Å². The molecule has 0 atom stereocenters.